The molecule has 7 N–H and O–H groups in total. The van der Waals surface area contributed by atoms with Gasteiger partial charge in [-0.25, -0.2) is 24.0 Å². The summed E-state index contributed by atoms with van der Waals surface area (Å²) in [5, 5.41) is 21.8. The van der Waals surface area contributed by atoms with Crippen molar-refractivity contribution in [1.82, 2.24) is 47.2 Å². The van der Waals surface area contributed by atoms with Crippen molar-refractivity contribution in [3.63, 3.8) is 0 Å². The van der Waals surface area contributed by atoms with Crippen LogP contribution in [0.1, 0.15) is 173 Å². The Morgan fingerprint density at radius 2 is 0.904 bits per heavy atom. The Balaban J connectivity index is 2.11. The number of unbranched alkanes of at least 4 members (excludes halogenated alkanes) is 2. The Labute approximate surface area is 436 Å². The van der Waals surface area contributed by atoms with Crippen LogP contribution in [0.3, 0.4) is 0 Å². The van der Waals surface area contributed by atoms with Crippen molar-refractivity contribution in [2.45, 2.75) is 207 Å². The maximum absolute atomic E-state index is 13.7. The summed E-state index contributed by atoms with van der Waals surface area (Å²) in [6.07, 6.45) is 9.53. The van der Waals surface area contributed by atoms with Gasteiger partial charge in [-0.15, -0.1) is 5.06 Å². The first kappa shape index (κ1) is 64.5. The number of alkyl carbamates (subject to hydrolysis) is 4. The van der Waals surface area contributed by atoms with Crippen LogP contribution < -0.4 is 37.2 Å². The second kappa shape index (κ2) is 32.6. The number of nitrogens with zero attached hydrogens (tertiary/aromatic N) is 2. The number of nitrogens with one attached hydrogen (secondary N) is 7. The lowest BCUT2D eigenvalue weighted by Gasteiger charge is -2.27. The van der Waals surface area contributed by atoms with Gasteiger partial charge in [-0.05, 0) is 159 Å². The fraction of sp³-hybridized carbons (Fsp3) is 0.865. The third-order valence-corrected chi connectivity index (χ3v) is 11.7. The molecule has 21 heteroatoms. The molecule has 2 bridgehead atoms. The third kappa shape index (κ3) is 33.7. The van der Waals surface area contributed by atoms with Crippen LogP contribution in [0.5, 0.6) is 0 Å². The van der Waals surface area contributed by atoms with E-state index >= 15 is 0 Å². The SMILES string of the molecule is CC(C)(C)OC(=O)NCCCCC(NC(=O)OC(C)(C)C)C(=O)NCCN(CCNCC(=O)ON1CCCC2CCCCC(CC2)C1)CCNC(=O)C(CCCCNC(=O)OC(C)(C)C)NC(=O)OC(C)(C)C. The number of carbonyl (C=O) groups excluding carboxylic acids is 7. The fourth-order valence-corrected chi connectivity index (χ4v) is 8.37. The van der Waals surface area contributed by atoms with Gasteiger partial charge >= 0.3 is 30.3 Å². The second-order valence-electron chi connectivity index (χ2n) is 23.4. The van der Waals surface area contributed by atoms with E-state index in [0.717, 1.165) is 38.3 Å². The summed E-state index contributed by atoms with van der Waals surface area (Å²) in [6, 6.07) is -1.86. The molecule has 6 amide bonds. The zero-order chi connectivity index (χ0) is 54.7. The van der Waals surface area contributed by atoms with Crippen molar-refractivity contribution in [1.29, 1.82) is 0 Å². The topological polar surface area (TPSA) is 256 Å². The first-order chi connectivity index (χ1) is 34.1. The van der Waals surface area contributed by atoms with E-state index in [1.54, 1.807) is 83.1 Å². The summed E-state index contributed by atoms with van der Waals surface area (Å²) in [7, 11) is 0. The van der Waals surface area contributed by atoms with E-state index in [-0.39, 0.29) is 38.4 Å². The number of hydrogen-bond donors (Lipinski definition) is 7. The number of hydrogen-bond acceptors (Lipinski definition) is 15. The van der Waals surface area contributed by atoms with E-state index < -0.39 is 70.7 Å². The van der Waals surface area contributed by atoms with Crippen molar-refractivity contribution >= 4 is 42.2 Å². The van der Waals surface area contributed by atoms with Crippen LogP contribution in [0.15, 0.2) is 0 Å². The van der Waals surface area contributed by atoms with Crippen LogP contribution in [0.4, 0.5) is 19.2 Å². The molecule has 2 rings (SSSR count). The van der Waals surface area contributed by atoms with Gasteiger partial charge < -0.3 is 61.0 Å². The molecule has 4 atom stereocenters. The van der Waals surface area contributed by atoms with Crippen LogP contribution in [0.2, 0.25) is 0 Å². The van der Waals surface area contributed by atoms with Crippen molar-refractivity contribution in [3.05, 3.63) is 0 Å². The average molecular weight is 1040 g/mol. The Morgan fingerprint density at radius 3 is 1.37 bits per heavy atom. The largest absolute Gasteiger partial charge is 0.444 e. The van der Waals surface area contributed by atoms with Gasteiger partial charge in [-0.2, -0.15) is 0 Å². The molecule has 0 aromatic carbocycles. The van der Waals surface area contributed by atoms with Gasteiger partial charge in [0, 0.05) is 65.4 Å². The normalized spacial score (nSPS) is 17.7. The highest BCUT2D eigenvalue weighted by molar-refractivity contribution is 5.86. The lowest BCUT2D eigenvalue weighted by Crippen LogP contribution is -2.51. The summed E-state index contributed by atoms with van der Waals surface area (Å²) < 4.78 is 21.5. The predicted molar refractivity (Wildman–Crippen MR) is 279 cm³/mol. The quantitative estimate of drug-likeness (QED) is 0.0364. The summed E-state index contributed by atoms with van der Waals surface area (Å²) in [6.45, 7) is 25.0. The van der Waals surface area contributed by atoms with Crippen molar-refractivity contribution < 1.29 is 57.3 Å². The molecule has 1 aliphatic heterocycles. The van der Waals surface area contributed by atoms with E-state index in [1.165, 1.54) is 32.1 Å². The van der Waals surface area contributed by atoms with Gasteiger partial charge in [-0.1, -0.05) is 25.7 Å². The molecule has 1 heterocycles. The molecule has 73 heavy (non-hydrogen) atoms. The highest BCUT2D eigenvalue weighted by Crippen LogP contribution is 2.31. The molecular weight excluding hydrogens is 943 g/mol. The van der Waals surface area contributed by atoms with Crippen LogP contribution in [-0.2, 0) is 38.2 Å². The molecule has 21 nitrogen and oxygen atoms in total. The number of fused-ring (bicyclic) bond motifs is 3. The molecule has 422 valence electrons. The molecule has 1 aliphatic carbocycles. The van der Waals surface area contributed by atoms with Crippen LogP contribution in [0.25, 0.3) is 0 Å². The number of amides is 6. The van der Waals surface area contributed by atoms with Gasteiger partial charge in [-0.3, -0.25) is 14.5 Å². The van der Waals surface area contributed by atoms with Crippen molar-refractivity contribution in [2.75, 3.05) is 72.0 Å². The molecule has 0 aromatic rings. The highest BCUT2D eigenvalue weighted by Gasteiger charge is 2.28. The smallest absolute Gasteiger partial charge is 0.408 e. The van der Waals surface area contributed by atoms with Crippen molar-refractivity contribution in [3.8, 4) is 0 Å². The predicted octanol–water partition coefficient (Wildman–Crippen LogP) is 6.43. The Morgan fingerprint density at radius 1 is 0.493 bits per heavy atom. The van der Waals surface area contributed by atoms with Crippen LogP contribution in [0, 0.1) is 11.8 Å². The highest BCUT2D eigenvalue weighted by atomic mass is 16.7. The van der Waals surface area contributed by atoms with E-state index in [0.29, 0.717) is 70.9 Å². The Bertz CT molecular complexity index is 1600. The fourth-order valence-electron chi connectivity index (χ4n) is 8.37. The van der Waals surface area contributed by atoms with Gasteiger partial charge in [0.2, 0.25) is 11.8 Å². The zero-order valence-electron chi connectivity index (χ0n) is 46.8. The Kier molecular flexibility index (Phi) is 28.8. The molecule has 4 unspecified atom stereocenters. The van der Waals surface area contributed by atoms with Gasteiger partial charge in [0.25, 0.3) is 0 Å². The van der Waals surface area contributed by atoms with Gasteiger partial charge in [0.05, 0.1) is 6.54 Å². The van der Waals surface area contributed by atoms with Crippen LogP contribution in [-0.4, -0.2) is 159 Å². The minimum atomic E-state index is -0.929. The third-order valence-electron chi connectivity index (χ3n) is 11.7. The maximum Gasteiger partial charge on any atom is 0.408 e. The van der Waals surface area contributed by atoms with E-state index in [1.807, 2.05) is 9.96 Å². The number of ether oxygens (including phenoxy) is 4. The summed E-state index contributed by atoms with van der Waals surface area (Å²) in [5.41, 5.74) is -2.86. The minimum Gasteiger partial charge on any atom is -0.444 e. The molecule has 1 saturated heterocycles. The van der Waals surface area contributed by atoms with Gasteiger partial charge in [0.1, 0.15) is 34.5 Å². The first-order valence-electron chi connectivity index (χ1n) is 26.9. The van der Waals surface area contributed by atoms with E-state index in [9.17, 15) is 33.6 Å². The molecule has 0 aromatic heterocycles. The summed E-state index contributed by atoms with van der Waals surface area (Å²) in [4.78, 5) is 98.3. The lowest BCUT2D eigenvalue weighted by atomic mass is 9.84. The minimum absolute atomic E-state index is 0.00171. The summed E-state index contributed by atoms with van der Waals surface area (Å²) >= 11 is 0. The molecule has 2 fully saturated rings. The lowest BCUT2D eigenvalue weighted by molar-refractivity contribution is -0.192. The van der Waals surface area contributed by atoms with Crippen LogP contribution >= 0.6 is 0 Å². The standard InChI is InChI=1S/C52H97N9O12/c1-49(2,3)69-45(65)56-27-17-15-23-40(58-47(67)71-51(7,8)9)43(63)54-30-34-60(33-29-53-36-42(62)73-61-32-19-22-38-20-13-14-21-39(37-61)26-25-38)35-31-55-44(64)41(59-48(68)72-52(10,11)12)24-16-18-28-57-46(66)70-50(4,5)6/h38-41,53H,13-37H2,1-12H3,(H,54,63)(H,55,64)(H,56,65)(H,57,66)(H,58,67)(H,59,68). The Hall–Kier alpha value is -4.63. The second-order valence-corrected chi connectivity index (χ2v) is 23.4. The molecule has 0 spiro atoms. The van der Waals surface area contributed by atoms with E-state index in [2.05, 4.69) is 37.2 Å². The van der Waals surface area contributed by atoms with Gasteiger partial charge in [0.15, 0.2) is 0 Å². The van der Waals surface area contributed by atoms with Crippen molar-refractivity contribution in [2.24, 2.45) is 11.8 Å². The number of hydroxylamine groups is 2. The number of rotatable bonds is 26. The monoisotopic (exact) mass is 1040 g/mol. The molecule has 0 radical (unpaired) electrons. The first-order valence-corrected chi connectivity index (χ1v) is 26.9. The number of carbonyl (C=O) groups is 7. The molecule has 1 saturated carbocycles. The zero-order valence-corrected chi connectivity index (χ0v) is 46.8. The summed E-state index contributed by atoms with van der Waals surface area (Å²) in [5.74, 6) is 0.0781. The molecular formula is C52H97N9O12. The molecule has 2 aliphatic rings. The average Bonchev–Trinajstić information content (AvgIpc) is 3.28. The maximum atomic E-state index is 13.7. The van der Waals surface area contributed by atoms with E-state index in [4.69, 9.17) is 23.8 Å².